The molecule has 1 aliphatic carbocycles. The molecule has 0 spiro atoms. The van der Waals surface area contributed by atoms with Gasteiger partial charge in [0.15, 0.2) is 11.5 Å². The van der Waals surface area contributed by atoms with Gasteiger partial charge in [-0.2, -0.15) is 0 Å². The molecule has 7 heteroatoms. The molecule has 25 heavy (non-hydrogen) atoms. The number of nitrogens with zero attached hydrogens (tertiary/aromatic N) is 2. The van der Waals surface area contributed by atoms with Gasteiger partial charge in [0.05, 0.1) is 12.4 Å². The molecule has 1 aromatic heterocycles. The van der Waals surface area contributed by atoms with Crippen LogP contribution in [0.5, 0.6) is 11.5 Å². The Labute approximate surface area is 145 Å². The van der Waals surface area contributed by atoms with E-state index in [-0.39, 0.29) is 12.7 Å². The fourth-order valence-electron chi connectivity index (χ4n) is 3.12. The number of benzene rings is 1. The highest BCUT2D eigenvalue weighted by Crippen LogP contribution is 2.32. The molecule has 0 bridgehead atoms. The maximum absolute atomic E-state index is 12.2. The molecule has 7 nitrogen and oxygen atoms in total. The fourth-order valence-corrected chi connectivity index (χ4v) is 3.12. The van der Waals surface area contributed by atoms with Crippen molar-refractivity contribution in [1.82, 2.24) is 15.3 Å². The van der Waals surface area contributed by atoms with E-state index in [1.165, 1.54) is 31.9 Å². The lowest BCUT2D eigenvalue weighted by Gasteiger charge is -2.12. The monoisotopic (exact) mass is 340 g/mol. The van der Waals surface area contributed by atoms with E-state index in [2.05, 4.69) is 20.6 Å². The van der Waals surface area contributed by atoms with Crippen LogP contribution in [0.25, 0.3) is 0 Å². The van der Waals surface area contributed by atoms with Crippen LogP contribution < -0.4 is 20.1 Å². The Morgan fingerprint density at radius 3 is 2.76 bits per heavy atom. The first-order chi connectivity index (χ1) is 12.3. The molecule has 2 N–H and O–H groups in total. The van der Waals surface area contributed by atoms with Crippen molar-refractivity contribution in [1.29, 1.82) is 0 Å². The van der Waals surface area contributed by atoms with Gasteiger partial charge in [-0.3, -0.25) is 4.79 Å². The minimum atomic E-state index is -0.252. The van der Waals surface area contributed by atoms with Gasteiger partial charge in [0.25, 0.3) is 5.91 Å². The summed E-state index contributed by atoms with van der Waals surface area (Å²) in [6.45, 7) is 0.626. The summed E-state index contributed by atoms with van der Waals surface area (Å²) in [7, 11) is 0. The number of ether oxygens (including phenoxy) is 2. The number of hydrogen-bond acceptors (Lipinski definition) is 6. The zero-order chi connectivity index (χ0) is 17.1. The average molecular weight is 340 g/mol. The third kappa shape index (κ3) is 3.65. The van der Waals surface area contributed by atoms with Crippen molar-refractivity contribution in [2.45, 2.75) is 38.3 Å². The Morgan fingerprint density at radius 2 is 1.96 bits per heavy atom. The van der Waals surface area contributed by atoms with Gasteiger partial charge < -0.3 is 20.1 Å². The fraction of sp³-hybridized carbons (Fsp3) is 0.389. The highest BCUT2D eigenvalue weighted by atomic mass is 16.7. The summed E-state index contributed by atoms with van der Waals surface area (Å²) in [6.07, 6.45) is 7.97. The van der Waals surface area contributed by atoms with Crippen LogP contribution in [0.15, 0.2) is 30.6 Å². The van der Waals surface area contributed by atoms with E-state index in [9.17, 15) is 4.79 Å². The zero-order valence-electron chi connectivity index (χ0n) is 13.8. The van der Waals surface area contributed by atoms with Crippen molar-refractivity contribution in [3.63, 3.8) is 0 Å². The van der Waals surface area contributed by atoms with Gasteiger partial charge in [0.1, 0.15) is 11.5 Å². The first-order valence-corrected chi connectivity index (χ1v) is 8.53. The first kappa shape index (κ1) is 15.7. The maximum Gasteiger partial charge on any atom is 0.271 e. The largest absolute Gasteiger partial charge is 0.454 e. The molecule has 1 amide bonds. The molecule has 0 radical (unpaired) electrons. The van der Waals surface area contributed by atoms with E-state index in [4.69, 9.17) is 9.47 Å². The summed E-state index contributed by atoms with van der Waals surface area (Å²) >= 11 is 0. The van der Waals surface area contributed by atoms with E-state index < -0.39 is 0 Å². The lowest BCUT2D eigenvalue weighted by Crippen LogP contribution is -2.24. The Kier molecular flexibility index (Phi) is 4.37. The van der Waals surface area contributed by atoms with Gasteiger partial charge >= 0.3 is 0 Å². The predicted molar refractivity (Wildman–Crippen MR) is 91.6 cm³/mol. The van der Waals surface area contributed by atoms with Crippen molar-refractivity contribution in [3.05, 3.63) is 41.9 Å². The second kappa shape index (κ2) is 6.96. The van der Waals surface area contributed by atoms with E-state index in [1.807, 2.05) is 18.2 Å². The number of carbonyl (C=O) groups excluding carboxylic acids is 1. The van der Waals surface area contributed by atoms with E-state index in [0.717, 1.165) is 17.1 Å². The van der Waals surface area contributed by atoms with Crippen LogP contribution in [0, 0.1) is 0 Å². The number of aromatic nitrogens is 2. The summed E-state index contributed by atoms with van der Waals surface area (Å²) in [5, 5.41) is 6.20. The van der Waals surface area contributed by atoms with Gasteiger partial charge in [-0.25, -0.2) is 9.97 Å². The van der Waals surface area contributed by atoms with Crippen molar-refractivity contribution in [2.75, 3.05) is 12.1 Å². The molecule has 2 heterocycles. The van der Waals surface area contributed by atoms with Crippen molar-refractivity contribution in [3.8, 4) is 11.5 Å². The minimum absolute atomic E-state index is 0.238. The number of fused-ring (bicyclic) bond motifs is 1. The molecule has 0 unspecified atom stereocenters. The molecule has 4 rings (SSSR count). The molecule has 1 fully saturated rings. The topological polar surface area (TPSA) is 85.4 Å². The van der Waals surface area contributed by atoms with Gasteiger partial charge in [0, 0.05) is 12.6 Å². The highest BCUT2D eigenvalue weighted by molar-refractivity contribution is 5.91. The quantitative estimate of drug-likeness (QED) is 0.870. The number of hydrogen-bond donors (Lipinski definition) is 2. The molecule has 2 aromatic rings. The van der Waals surface area contributed by atoms with Crippen LogP contribution >= 0.6 is 0 Å². The lowest BCUT2D eigenvalue weighted by molar-refractivity contribution is 0.0945. The van der Waals surface area contributed by atoms with Crippen LogP contribution in [-0.2, 0) is 6.54 Å². The Balaban J connectivity index is 1.33. The van der Waals surface area contributed by atoms with Crippen LogP contribution in [-0.4, -0.2) is 28.7 Å². The maximum atomic E-state index is 12.2. The smallest absolute Gasteiger partial charge is 0.271 e. The molecule has 0 saturated heterocycles. The molecule has 0 atom stereocenters. The lowest BCUT2D eigenvalue weighted by atomic mass is 10.2. The highest BCUT2D eigenvalue weighted by Gasteiger charge is 2.16. The van der Waals surface area contributed by atoms with Crippen LogP contribution in [0.4, 0.5) is 5.82 Å². The molecule has 1 aliphatic heterocycles. The second-order valence-corrected chi connectivity index (χ2v) is 6.28. The molecule has 1 aromatic carbocycles. The molecule has 1 saturated carbocycles. The Hall–Kier alpha value is -2.83. The van der Waals surface area contributed by atoms with Gasteiger partial charge in [-0.15, -0.1) is 0 Å². The summed E-state index contributed by atoms with van der Waals surface area (Å²) < 4.78 is 10.6. The van der Waals surface area contributed by atoms with Crippen molar-refractivity contribution < 1.29 is 14.3 Å². The standard InChI is InChI=1S/C18H20N4O3/c23-18(21-8-12-5-6-15-16(7-12)25-11-24-15)14-9-20-17(10-19-14)22-13-3-1-2-4-13/h5-7,9-10,13H,1-4,8,11H2,(H,20,22)(H,21,23). The van der Waals surface area contributed by atoms with Crippen LogP contribution in [0.1, 0.15) is 41.7 Å². The minimum Gasteiger partial charge on any atom is -0.454 e. The van der Waals surface area contributed by atoms with Gasteiger partial charge in [0.2, 0.25) is 6.79 Å². The number of amides is 1. The van der Waals surface area contributed by atoms with Gasteiger partial charge in [-0.1, -0.05) is 18.9 Å². The summed E-state index contributed by atoms with van der Waals surface area (Å²) in [5.74, 6) is 1.90. The number of nitrogens with one attached hydrogen (secondary N) is 2. The Bertz CT molecular complexity index is 757. The van der Waals surface area contributed by atoms with E-state index in [0.29, 0.717) is 24.0 Å². The summed E-state index contributed by atoms with van der Waals surface area (Å²) in [6, 6.07) is 6.07. The molecular formula is C18H20N4O3. The second-order valence-electron chi connectivity index (χ2n) is 6.28. The third-order valence-electron chi connectivity index (χ3n) is 4.48. The predicted octanol–water partition coefficient (Wildman–Crippen LogP) is 2.49. The Morgan fingerprint density at radius 1 is 1.12 bits per heavy atom. The zero-order valence-corrected chi connectivity index (χ0v) is 13.8. The number of rotatable bonds is 5. The molecule has 2 aliphatic rings. The third-order valence-corrected chi connectivity index (χ3v) is 4.48. The molecular weight excluding hydrogens is 320 g/mol. The van der Waals surface area contributed by atoms with Crippen molar-refractivity contribution in [2.24, 2.45) is 0 Å². The van der Waals surface area contributed by atoms with E-state index in [1.54, 1.807) is 6.20 Å². The van der Waals surface area contributed by atoms with Gasteiger partial charge in [-0.05, 0) is 30.5 Å². The van der Waals surface area contributed by atoms with E-state index >= 15 is 0 Å². The SMILES string of the molecule is O=C(NCc1ccc2c(c1)OCO2)c1cnc(NC2CCCC2)cn1. The van der Waals surface area contributed by atoms with Crippen LogP contribution in [0.3, 0.4) is 0 Å². The number of carbonyl (C=O) groups is 1. The van der Waals surface area contributed by atoms with Crippen LogP contribution in [0.2, 0.25) is 0 Å². The summed E-state index contributed by atoms with van der Waals surface area (Å²) in [4.78, 5) is 20.7. The first-order valence-electron chi connectivity index (χ1n) is 8.53. The molecule has 130 valence electrons. The number of anilines is 1. The summed E-state index contributed by atoms with van der Waals surface area (Å²) in [5.41, 5.74) is 1.24. The van der Waals surface area contributed by atoms with Crippen molar-refractivity contribution >= 4 is 11.7 Å². The normalized spacial score (nSPS) is 16.0. The average Bonchev–Trinajstić information content (AvgIpc) is 3.31.